The van der Waals surface area contributed by atoms with Gasteiger partial charge in [0.15, 0.2) is 5.82 Å². The van der Waals surface area contributed by atoms with E-state index in [4.69, 9.17) is 23.7 Å². The van der Waals surface area contributed by atoms with Gasteiger partial charge in [0.1, 0.15) is 23.6 Å². The minimum atomic E-state index is -3.43. The number of ether oxygens (including phenoxy) is 1. The first-order chi connectivity index (χ1) is 21.1. The van der Waals surface area contributed by atoms with Gasteiger partial charge >= 0.3 is 13.7 Å². The lowest BCUT2D eigenvalue weighted by molar-refractivity contribution is -0.0478. The van der Waals surface area contributed by atoms with Crippen LogP contribution in [0.3, 0.4) is 0 Å². The number of nitrogens with one attached hydrogen (secondary N) is 1. The van der Waals surface area contributed by atoms with Crippen molar-refractivity contribution in [1.29, 1.82) is 0 Å². The molecule has 0 radical (unpaired) electrons. The second-order valence-corrected chi connectivity index (χ2v) is 13.2. The molecule has 11 heteroatoms. The van der Waals surface area contributed by atoms with E-state index in [1.807, 2.05) is 54.6 Å². The van der Waals surface area contributed by atoms with E-state index in [-0.39, 0.29) is 31.6 Å². The summed E-state index contributed by atoms with van der Waals surface area (Å²) in [7, 11) is -3.43. The van der Waals surface area contributed by atoms with Crippen LogP contribution < -0.4 is 5.48 Å². The standard InChI is InChI=1S/C33H41N4O6P/c1-6-40-44(39,41-7-2)24-23-29(43-36-31(38)42-32(3,4)5)30-34-25-37(35-30)33(26-17-11-8-12-18-26,27-19-13-9-14-20-27)28-21-15-10-16-22-28/h8-22,25,29H,6-7,23-24H2,1-5H3,(H,36,38). The Labute approximate surface area is 259 Å². The summed E-state index contributed by atoms with van der Waals surface area (Å²) in [5, 5.41) is 4.97. The number of benzene rings is 3. The molecule has 1 heterocycles. The maximum atomic E-state index is 13.3. The SMILES string of the molecule is CCOP(=O)(CCC(ONC(=O)OC(C)(C)C)c1ncn(C(c2ccccc2)(c2ccccc2)c2ccccc2)n1)OCC. The lowest BCUT2D eigenvalue weighted by Gasteiger charge is -2.36. The molecule has 1 aromatic heterocycles. The third-order valence-electron chi connectivity index (χ3n) is 6.72. The van der Waals surface area contributed by atoms with Crippen molar-refractivity contribution in [3.63, 3.8) is 0 Å². The molecule has 4 aromatic rings. The summed E-state index contributed by atoms with van der Waals surface area (Å²) >= 11 is 0. The number of nitrogens with zero attached hydrogens (tertiary/aromatic N) is 3. The zero-order valence-corrected chi connectivity index (χ0v) is 26.8. The van der Waals surface area contributed by atoms with Gasteiger partial charge in [-0.15, -0.1) is 0 Å². The van der Waals surface area contributed by atoms with E-state index in [2.05, 4.69) is 46.9 Å². The summed E-state index contributed by atoms with van der Waals surface area (Å²) in [5.41, 5.74) is 3.63. The van der Waals surface area contributed by atoms with Crippen LogP contribution in [0.25, 0.3) is 0 Å². The van der Waals surface area contributed by atoms with E-state index in [0.29, 0.717) is 0 Å². The molecule has 1 N–H and O–H groups in total. The van der Waals surface area contributed by atoms with Gasteiger partial charge in [-0.05, 0) is 57.7 Å². The fraction of sp³-hybridized carbons (Fsp3) is 0.364. The first-order valence-corrected chi connectivity index (χ1v) is 16.5. The highest BCUT2D eigenvalue weighted by Crippen LogP contribution is 2.49. The van der Waals surface area contributed by atoms with Crippen LogP contribution in [0.15, 0.2) is 97.3 Å². The molecular formula is C33H41N4O6P. The molecule has 0 saturated heterocycles. The highest BCUT2D eigenvalue weighted by molar-refractivity contribution is 7.53. The lowest BCUT2D eigenvalue weighted by atomic mass is 9.77. The highest BCUT2D eigenvalue weighted by atomic mass is 31.2. The summed E-state index contributed by atoms with van der Waals surface area (Å²) < 4.78 is 31.5. The average Bonchev–Trinajstić information content (AvgIpc) is 3.49. The summed E-state index contributed by atoms with van der Waals surface area (Å²) in [4.78, 5) is 23.0. The summed E-state index contributed by atoms with van der Waals surface area (Å²) in [5.74, 6) is 0.271. The van der Waals surface area contributed by atoms with Crippen molar-refractivity contribution in [2.24, 2.45) is 0 Å². The monoisotopic (exact) mass is 620 g/mol. The van der Waals surface area contributed by atoms with Gasteiger partial charge < -0.3 is 13.8 Å². The van der Waals surface area contributed by atoms with Crippen LogP contribution in [-0.2, 0) is 28.7 Å². The van der Waals surface area contributed by atoms with Gasteiger partial charge in [0.25, 0.3) is 0 Å². The van der Waals surface area contributed by atoms with Crippen molar-refractivity contribution >= 4 is 13.7 Å². The predicted molar refractivity (Wildman–Crippen MR) is 168 cm³/mol. The second kappa shape index (κ2) is 14.8. The van der Waals surface area contributed by atoms with Crippen LogP contribution in [0, 0.1) is 0 Å². The van der Waals surface area contributed by atoms with Gasteiger partial charge in [-0.25, -0.2) is 14.5 Å². The first kappa shape index (κ1) is 33.1. The van der Waals surface area contributed by atoms with E-state index in [0.717, 1.165) is 16.7 Å². The minimum Gasteiger partial charge on any atom is -0.442 e. The van der Waals surface area contributed by atoms with Crippen LogP contribution >= 0.6 is 7.60 Å². The van der Waals surface area contributed by atoms with Crippen LogP contribution in [0.4, 0.5) is 4.79 Å². The Bertz CT molecular complexity index is 1400. The van der Waals surface area contributed by atoms with Crippen LogP contribution in [-0.4, -0.2) is 45.8 Å². The van der Waals surface area contributed by atoms with E-state index < -0.39 is 30.9 Å². The normalized spacial score (nSPS) is 12.9. The number of hydrogen-bond donors (Lipinski definition) is 1. The van der Waals surface area contributed by atoms with E-state index >= 15 is 0 Å². The third-order valence-corrected chi connectivity index (χ3v) is 8.83. The van der Waals surface area contributed by atoms with Crippen molar-refractivity contribution in [1.82, 2.24) is 20.2 Å². The van der Waals surface area contributed by atoms with E-state index in [1.165, 1.54) is 0 Å². The van der Waals surface area contributed by atoms with Crippen LogP contribution in [0.1, 0.15) is 69.7 Å². The number of carbonyl (C=O) groups is 1. The van der Waals surface area contributed by atoms with Crippen molar-refractivity contribution in [2.75, 3.05) is 19.4 Å². The Morgan fingerprint density at radius 3 is 1.75 bits per heavy atom. The van der Waals surface area contributed by atoms with Crippen LogP contribution in [0.2, 0.25) is 0 Å². The molecule has 234 valence electrons. The quantitative estimate of drug-likeness (QED) is 0.0890. The fourth-order valence-electron chi connectivity index (χ4n) is 5.01. The van der Waals surface area contributed by atoms with Crippen molar-refractivity contribution in [3.8, 4) is 0 Å². The lowest BCUT2D eigenvalue weighted by Crippen LogP contribution is -2.38. The molecule has 0 saturated carbocycles. The molecule has 4 rings (SSSR count). The Morgan fingerprint density at radius 2 is 1.32 bits per heavy atom. The average molecular weight is 621 g/mol. The molecule has 1 unspecified atom stereocenters. The molecule has 10 nitrogen and oxygen atoms in total. The van der Waals surface area contributed by atoms with Gasteiger partial charge in [-0.3, -0.25) is 9.40 Å². The predicted octanol–water partition coefficient (Wildman–Crippen LogP) is 7.27. The maximum absolute atomic E-state index is 13.3. The topological polar surface area (TPSA) is 114 Å². The zero-order chi connectivity index (χ0) is 31.6. The largest absolute Gasteiger partial charge is 0.442 e. The van der Waals surface area contributed by atoms with E-state index in [9.17, 15) is 9.36 Å². The number of hydroxylamine groups is 1. The minimum absolute atomic E-state index is 0.0189. The molecule has 44 heavy (non-hydrogen) atoms. The molecule has 0 aliphatic carbocycles. The summed E-state index contributed by atoms with van der Waals surface area (Å²) in [6.45, 7) is 9.21. The molecule has 0 aliphatic heterocycles. The number of rotatable bonds is 14. The summed E-state index contributed by atoms with van der Waals surface area (Å²) in [6, 6.07) is 30.2. The Hall–Kier alpha value is -3.82. The third kappa shape index (κ3) is 8.01. The number of carbonyl (C=O) groups excluding carboxylic acids is 1. The van der Waals surface area contributed by atoms with Gasteiger partial charge in [-0.1, -0.05) is 91.0 Å². The Kier molecular flexibility index (Phi) is 11.1. The molecule has 0 bridgehead atoms. The summed E-state index contributed by atoms with van der Waals surface area (Å²) in [6.07, 6.45) is 0.124. The van der Waals surface area contributed by atoms with Gasteiger partial charge in [0, 0.05) is 0 Å². The molecule has 3 aromatic carbocycles. The fourth-order valence-corrected chi connectivity index (χ4v) is 6.68. The molecule has 0 spiro atoms. The van der Waals surface area contributed by atoms with E-state index in [1.54, 1.807) is 45.6 Å². The number of amides is 1. The van der Waals surface area contributed by atoms with Crippen molar-refractivity contribution in [2.45, 2.75) is 58.3 Å². The molecule has 1 atom stereocenters. The Morgan fingerprint density at radius 1 is 0.841 bits per heavy atom. The second-order valence-electron chi connectivity index (χ2n) is 11.0. The molecular weight excluding hydrogens is 579 g/mol. The van der Waals surface area contributed by atoms with Crippen molar-refractivity contribution in [3.05, 3.63) is 120 Å². The first-order valence-electron chi connectivity index (χ1n) is 14.7. The van der Waals surface area contributed by atoms with Gasteiger partial charge in [0.05, 0.1) is 19.4 Å². The smallest absolute Gasteiger partial charge is 0.431 e. The van der Waals surface area contributed by atoms with Gasteiger partial charge in [-0.2, -0.15) is 10.6 Å². The molecule has 0 fully saturated rings. The Balaban J connectivity index is 1.80. The van der Waals surface area contributed by atoms with Crippen molar-refractivity contribution < 1.29 is 28.0 Å². The number of aromatic nitrogens is 3. The molecule has 0 aliphatic rings. The van der Waals surface area contributed by atoms with Crippen LogP contribution in [0.5, 0.6) is 0 Å². The molecule has 1 amide bonds. The maximum Gasteiger partial charge on any atom is 0.431 e. The number of hydrogen-bond acceptors (Lipinski definition) is 8. The zero-order valence-electron chi connectivity index (χ0n) is 25.9. The highest BCUT2D eigenvalue weighted by Gasteiger charge is 2.40. The van der Waals surface area contributed by atoms with Gasteiger partial charge in [0.2, 0.25) is 0 Å².